The molecule has 3 atom stereocenters. The molecule has 0 aromatic carbocycles. The number of rotatable bonds is 6. The predicted octanol–water partition coefficient (Wildman–Crippen LogP) is 1.02. The van der Waals surface area contributed by atoms with Crippen LogP contribution in [0, 0.1) is 11.8 Å². The number of carbonyl (C=O) groups is 2. The lowest BCUT2D eigenvalue weighted by atomic mass is 9.78. The second kappa shape index (κ2) is 9.39. The highest BCUT2D eigenvalue weighted by Crippen LogP contribution is 2.31. The fourth-order valence-corrected chi connectivity index (χ4v) is 2.95. The molecule has 1 rings (SSSR count). The predicted molar refractivity (Wildman–Crippen MR) is 92.3 cm³/mol. The number of carbonyl (C=O) groups excluding carboxylic acids is 1. The minimum atomic E-state index is -0.950. The number of amides is 1. The summed E-state index contributed by atoms with van der Waals surface area (Å²) in [6.45, 7) is 5.63. The number of allylic oxidation sites excluding steroid dienone is 1. The van der Waals surface area contributed by atoms with Crippen LogP contribution in [-0.4, -0.2) is 35.0 Å². The van der Waals surface area contributed by atoms with Crippen molar-refractivity contribution in [3.05, 3.63) is 11.6 Å². The molecule has 1 aliphatic rings. The van der Waals surface area contributed by atoms with Crippen LogP contribution in [0.25, 0.3) is 0 Å². The number of nitrogens with zero attached hydrogens (tertiary/aromatic N) is 1. The summed E-state index contributed by atoms with van der Waals surface area (Å²) >= 11 is 0. The minimum absolute atomic E-state index is 0. The van der Waals surface area contributed by atoms with Gasteiger partial charge in [-0.15, -0.1) is 12.4 Å². The summed E-state index contributed by atoms with van der Waals surface area (Å²) in [5, 5.41) is 12.1. The summed E-state index contributed by atoms with van der Waals surface area (Å²) in [5.74, 6) is -0.748. The molecule has 1 aliphatic carbocycles. The van der Waals surface area contributed by atoms with Gasteiger partial charge in [0.05, 0.1) is 6.04 Å². The Labute approximate surface area is 143 Å². The number of aliphatic carboxylic acids is 1. The van der Waals surface area contributed by atoms with Gasteiger partial charge in [-0.05, 0) is 18.8 Å². The van der Waals surface area contributed by atoms with Crippen molar-refractivity contribution < 1.29 is 14.7 Å². The van der Waals surface area contributed by atoms with Gasteiger partial charge >= 0.3 is 5.97 Å². The highest BCUT2D eigenvalue weighted by atomic mass is 35.5. The van der Waals surface area contributed by atoms with Gasteiger partial charge in [0, 0.05) is 30.9 Å². The zero-order valence-electron chi connectivity index (χ0n) is 13.8. The lowest BCUT2D eigenvalue weighted by Crippen LogP contribution is -2.46. The number of carboxylic acid groups (broad SMARTS) is 1. The van der Waals surface area contributed by atoms with E-state index in [1.807, 2.05) is 0 Å². The van der Waals surface area contributed by atoms with Crippen LogP contribution >= 0.6 is 12.4 Å². The molecule has 0 aromatic rings. The van der Waals surface area contributed by atoms with E-state index in [1.54, 1.807) is 6.08 Å². The maximum absolute atomic E-state index is 11.5. The molecular weight excluding hydrogens is 320 g/mol. The van der Waals surface area contributed by atoms with Crippen LogP contribution < -0.4 is 16.8 Å². The molecule has 0 aromatic heterocycles. The SMILES string of the molecule is CC(=O)NC(CC(C)C)C1CC=C(C(=O)O)CC1N=C(N)N.Cl. The Bertz CT molecular complexity index is 487. The van der Waals surface area contributed by atoms with E-state index in [4.69, 9.17) is 16.6 Å². The Morgan fingerprint density at radius 2 is 2.04 bits per heavy atom. The quantitative estimate of drug-likeness (QED) is 0.421. The highest BCUT2D eigenvalue weighted by molar-refractivity contribution is 5.87. The molecule has 0 aliphatic heterocycles. The van der Waals surface area contributed by atoms with Gasteiger partial charge in [-0.1, -0.05) is 19.9 Å². The average molecular weight is 347 g/mol. The summed E-state index contributed by atoms with van der Waals surface area (Å²) in [7, 11) is 0. The van der Waals surface area contributed by atoms with Gasteiger partial charge in [-0.25, -0.2) is 9.79 Å². The molecule has 0 heterocycles. The lowest BCUT2D eigenvalue weighted by molar-refractivity contribution is -0.133. The number of guanidine groups is 1. The normalized spacial score (nSPS) is 21.7. The standard InChI is InChI=1S/C15H26N4O3.ClH/c1-8(2)6-12(18-9(3)20)11-5-4-10(14(21)22)7-13(11)19-15(16)17;/h4,8,11-13H,5-7H2,1-3H3,(H,18,20)(H,21,22)(H4,16,17,19);1H. The van der Waals surface area contributed by atoms with Gasteiger partial charge in [0.2, 0.25) is 5.91 Å². The fourth-order valence-electron chi connectivity index (χ4n) is 2.95. The Kier molecular flexibility index (Phi) is 8.68. The zero-order valence-corrected chi connectivity index (χ0v) is 14.6. The van der Waals surface area contributed by atoms with Crippen molar-refractivity contribution in [2.75, 3.05) is 0 Å². The third-order valence-corrected chi connectivity index (χ3v) is 3.78. The van der Waals surface area contributed by atoms with Crippen LogP contribution in [0.4, 0.5) is 0 Å². The maximum Gasteiger partial charge on any atom is 0.331 e. The van der Waals surface area contributed by atoms with Crippen molar-refractivity contribution in [2.24, 2.45) is 28.3 Å². The van der Waals surface area contributed by atoms with Crippen LogP contribution in [0.3, 0.4) is 0 Å². The smallest absolute Gasteiger partial charge is 0.331 e. The second-order valence-corrected chi connectivity index (χ2v) is 6.20. The minimum Gasteiger partial charge on any atom is -0.478 e. The first-order valence-electron chi connectivity index (χ1n) is 7.48. The number of hydrogen-bond donors (Lipinski definition) is 4. The molecule has 1 amide bonds. The third-order valence-electron chi connectivity index (χ3n) is 3.78. The Balaban J connectivity index is 0.00000484. The first-order chi connectivity index (χ1) is 10.2. The molecule has 7 nitrogen and oxygen atoms in total. The van der Waals surface area contributed by atoms with E-state index in [-0.39, 0.29) is 48.7 Å². The Hall–Kier alpha value is -1.76. The van der Waals surface area contributed by atoms with Gasteiger partial charge in [0.15, 0.2) is 5.96 Å². The molecule has 0 saturated carbocycles. The number of hydrogen-bond acceptors (Lipinski definition) is 3. The molecule has 0 spiro atoms. The summed E-state index contributed by atoms with van der Waals surface area (Å²) in [6.07, 6.45) is 3.30. The maximum atomic E-state index is 11.5. The first kappa shape index (κ1) is 21.2. The molecule has 0 fully saturated rings. The molecule has 0 radical (unpaired) electrons. The van der Waals surface area contributed by atoms with E-state index in [0.717, 1.165) is 6.42 Å². The van der Waals surface area contributed by atoms with Crippen LogP contribution in [0.5, 0.6) is 0 Å². The number of carboxylic acids is 1. The van der Waals surface area contributed by atoms with Gasteiger partial charge in [-0.2, -0.15) is 0 Å². The van der Waals surface area contributed by atoms with Crippen LogP contribution in [0.2, 0.25) is 0 Å². The average Bonchev–Trinajstić information content (AvgIpc) is 2.35. The Morgan fingerprint density at radius 1 is 1.43 bits per heavy atom. The number of aliphatic imine (C=N–C) groups is 1. The lowest BCUT2D eigenvalue weighted by Gasteiger charge is -2.35. The molecule has 6 N–H and O–H groups in total. The van der Waals surface area contributed by atoms with Crippen molar-refractivity contribution in [3.8, 4) is 0 Å². The largest absolute Gasteiger partial charge is 0.478 e. The van der Waals surface area contributed by atoms with E-state index in [1.165, 1.54) is 6.92 Å². The highest BCUT2D eigenvalue weighted by Gasteiger charge is 2.34. The Morgan fingerprint density at radius 3 is 2.48 bits per heavy atom. The van der Waals surface area contributed by atoms with Gasteiger partial charge < -0.3 is 21.9 Å². The molecular formula is C15H27ClN4O3. The molecule has 0 saturated heterocycles. The summed E-state index contributed by atoms with van der Waals surface area (Å²) in [4.78, 5) is 26.8. The van der Waals surface area contributed by atoms with Gasteiger partial charge in [0.25, 0.3) is 0 Å². The van der Waals surface area contributed by atoms with E-state index >= 15 is 0 Å². The molecule has 8 heteroatoms. The summed E-state index contributed by atoms with van der Waals surface area (Å²) in [5.41, 5.74) is 11.3. The van der Waals surface area contributed by atoms with Crippen molar-refractivity contribution >= 4 is 30.2 Å². The second-order valence-electron chi connectivity index (χ2n) is 6.20. The number of nitrogens with one attached hydrogen (secondary N) is 1. The van der Waals surface area contributed by atoms with E-state index < -0.39 is 5.97 Å². The van der Waals surface area contributed by atoms with E-state index in [2.05, 4.69) is 24.2 Å². The molecule has 132 valence electrons. The third kappa shape index (κ3) is 6.90. The molecule has 3 unspecified atom stereocenters. The fraction of sp³-hybridized carbons (Fsp3) is 0.667. The van der Waals surface area contributed by atoms with Crippen molar-refractivity contribution in [3.63, 3.8) is 0 Å². The zero-order chi connectivity index (χ0) is 16.9. The number of nitrogens with two attached hydrogens (primary N) is 2. The topological polar surface area (TPSA) is 131 Å². The van der Waals surface area contributed by atoms with E-state index in [0.29, 0.717) is 17.9 Å². The first-order valence-corrected chi connectivity index (χ1v) is 7.48. The van der Waals surface area contributed by atoms with Crippen LogP contribution in [-0.2, 0) is 9.59 Å². The van der Waals surface area contributed by atoms with Crippen molar-refractivity contribution in [1.82, 2.24) is 5.32 Å². The van der Waals surface area contributed by atoms with Gasteiger partial charge in [0.1, 0.15) is 0 Å². The van der Waals surface area contributed by atoms with Gasteiger partial charge in [-0.3, -0.25) is 4.79 Å². The van der Waals surface area contributed by atoms with Crippen molar-refractivity contribution in [2.45, 2.75) is 52.1 Å². The van der Waals surface area contributed by atoms with Crippen LogP contribution in [0.15, 0.2) is 16.6 Å². The summed E-state index contributed by atoms with van der Waals surface area (Å²) < 4.78 is 0. The molecule has 23 heavy (non-hydrogen) atoms. The van der Waals surface area contributed by atoms with Crippen molar-refractivity contribution in [1.29, 1.82) is 0 Å². The monoisotopic (exact) mass is 346 g/mol. The van der Waals surface area contributed by atoms with E-state index in [9.17, 15) is 9.59 Å². The van der Waals surface area contributed by atoms with Crippen LogP contribution in [0.1, 0.15) is 40.0 Å². The molecule has 0 bridgehead atoms. The summed E-state index contributed by atoms with van der Waals surface area (Å²) in [6, 6.07) is -0.422. The number of halogens is 1.